The number of nitrogens with one attached hydrogen (secondary N) is 1. The van der Waals surface area contributed by atoms with Crippen molar-refractivity contribution in [2.24, 2.45) is 0 Å². The predicted molar refractivity (Wildman–Crippen MR) is 63.5 cm³/mol. The maximum absolute atomic E-state index is 9.51. The minimum Gasteiger partial charge on any atom is -0.389 e. The Labute approximate surface area is 96.2 Å². The van der Waals surface area contributed by atoms with E-state index in [1.165, 1.54) is 0 Å². The van der Waals surface area contributed by atoms with Gasteiger partial charge >= 0.3 is 0 Å². The Morgan fingerprint density at radius 2 is 2.00 bits per heavy atom. The number of ether oxygens (including phenoxy) is 2. The Morgan fingerprint density at radius 1 is 1.25 bits per heavy atom. The molecule has 0 saturated heterocycles. The molecule has 1 unspecified atom stereocenters. The molecule has 1 atom stereocenters. The summed E-state index contributed by atoms with van der Waals surface area (Å²) in [6.45, 7) is 1.36. The fourth-order valence-electron chi connectivity index (χ4n) is 1.45. The van der Waals surface area contributed by atoms with E-state index in [-0.39, 0.29) is 0 Å². The van der Waals surface area contributed by atoms with Crippen LogP contribution in [0.3, 0.4) is 0 Å². The summed E-state index contributed by atoms with van der Waals surface area (Å²) in [5, 5.41) is 12.7. The standard InChI is InChI=1S/C12H19NO3/c1-15-8-10-5-3-4-6-12(10)13-7-11(14)9-16-2/h3-6,11,13-14H,7-9H2,1-2H3. The zero-order valence-corrected chi connectivity index (χ0v) is 9.77. The molecule has 4 nitrogen and oxygen atoms in total. The SMILES string of the molecule is COCc1ccccc1NCC(O)COC. The van der Waals surface area contributed by atoms with Gasteiger partial charge in [-0.2, -0.15) is 0 Å². The third-order valence-corrected chi connectivity index (χ3v) is 2.20. The van der Waals surface area contributed by atoms with Gasteiger partial charge in [-0.15, -0.1) is 0 Å². The molecule has 90 valence electrons. The number of rotatable bonds is 7. The number of aliphatic hydroxyl groups excluding tert-OH is 1. The summed E-state index contributed by atoms with van der Waals surface area (Å²) >= 11 is 0. The first kappa shape index (κ1) is 13.0. The van der Waals surface area contributed by atoms with Crippen LogP contribution in [0.25, 0.3) is 0 Å². The normalized spacial score (nSPS) is 12.4. The van der Waals surface area contributed by atoms with E-state index in [0.717, 1.165) is 11.3 Å². The Bertz CT molecular complexity index is 304. The molecule has 1 rings (SSSR count). The van der Waals surface area contributed by atoms with Crippen molar-refractivity contribution in [3.05, 3.63) is 29.8 Å². The molecule has 0 fully saturated rings. The number of hydrogen-bond acceptors (Lipinski definition) is 4. The van der Waals surface area contributed by atoms with E-state index < -0.39 is 6.10 Å². The molecule has 0 spiro atoms. The van der Waals surface area contributed by atoms with E-state index in [1.54, 1.807) is 14.2 Å². The first-order valence-electron chi connectivity index (χ1n) is 5.25. The third-order valence-electron chi connectivity index (χ3n) is 2.20. The Balaban J connectivity index is 2.52. The van der Waals surface area contributed by atoms with E-state index in [1.807, 2.05) is 24.3 Å². The van der Waals surface area contributed by atoms with Crippen LogP contribution in [0.4, 0.5) is 5.69 Å². The molecule has 0 aromatic heterocycles. The van der Waals surface area contributed by atoms with Crippen molar-refractivity contribution in [3.63, 3.8) is 0 Å². The van der Waals surface area contributed by atoms with E-state index >= 15 is 0 Å². The highest BCUT2D eigenvalue weighted by Gasteiger charge is 2.05. The van der Waals surface area contributed by atoms with Crippen LogP contribution < -0.4 is 5.32 Å². The summed E-state index contributed by atoms with van der Waals surface area (Å²) in [7, 11) is 3.23. The van der Waals surface area contributed by atoms with E-state index in [9.17, 15) is 5.11 Å². The van der Waals surface area contributed by atoms with Gasteiger partial charge in [0.2, 0.25) is 0 Å². The van der Waals surface area contributed by atoms with Gasteiger partial charge in [-0.25, -0.2) is 0 Å². The van der Waals surface area contributed by atoms with E-state index in [2.05, 4.69) is 5.32 Å². The highest BCUT2D eigenvalue weighted by atomic mass is 16.5. The smallest absolute Gasteiger partial charge is 0.0945 e. The van der Waals surface area contributed by atoms with Crippen LogP contribution in [0.2, 0.25) is 0 Å². The van der Waals surface area contributed by atoms with Crippen LogP contribution in [0.5, 0.6) is 0 Å². The van der Waals surface area contributed by atoms with E-state index in [4.69, 9.17) is 9.47 Å². The highest BCUT2D eigenvalue weighted by molar-refractivity contribution is 5.50. The van der Waals surface area contributed by atoms with Gasteiger partial charge in [0.15, 0.2) is 0 Å². The summed E-state index contributed by atoms with van der Waals surface area (Å²) < 4.78 is 9.95. The third kappa shape index (κ3) is 4.18. The molecule has 2 N–H and O–H groups in total. The number of anilines is 1. The first-order chi connectivity index (χ1) is 7.77. The maximum Gasteiger partial charge on any atom is 0.0945 e. The topological polar surface area (TPSA) is 50.7 Å². The second-order valence-electron chi connectivity index (χ2n) is 3.58. The van der Waals surface area contributed by atoms with Gasteiger partial charge in [-0.3, -0.25) is 0 Å². The first-order valence-corrected chi connectivity index (χ1v) is 5.25. The summed E-state index contributed by atoms with van der Waals surface area (Å²) in [6.07, 6.45) is -0.499. The van der Waals surface area contributed by atoms with E-state index in [0.29, 0.717) is 19.8 Å². The van der Waals surface area contributed by atoms with Gasteiger partial charge in [-0.1, -0.05) is 18.2 Å². The fraction of sp³-hybridized carbons (Fsp3) is 0.500. The zero-order chi connectivity index (χ0) is 11.8. The lowest BCUT2D eigenvalue weighted by atomic mass is 10.2. The molecule has 4 heteroatoms. The van der Waals surface area contributed by atoms with Crippen molar-refractivity contribution in [2.45, 2.75) is 12.7 Å². The van der Waals surface area contributed by atoms with Gasteiger partial charge in [0.1, 0.15) is 0 Å². The molecule has 0 aliphatic rings. The van der Waals surface area contributed by atoms with Gasteiger partial charge in [0.25, 0.3) is 0 Å². The van der Waals surface area contributed by atoms with Crippen molar-refractivity contribution in [1.82, 2.24) is 0 Å². The average Bonchev–Trinajstić information content (AvgIpc) is 2.29. The van der Waals surface area contributed by atoms with Crippen molar-refractivity contribution in [3.8, 4) is 0 Å². The van der Waals surface area contributed by atoms with Crippen LogP contribution in [0.1, 0.15) is 5.56 Å². The van der Waals surface area contributed by atoms with Crippen LogP contribution in [-0.2, 0) is 16.1 Å². The molecule has 0 bridgehead atoms. The summed E-state index contributed by atoms with van der Waals surface area (Å²) in [5.74, 6) is 0. The van der Waals surface area contributed by atoms with Crippen molar-refractivity contribution in [1.29, 1.82) is 0 Å². The quantitative estimate of drug-likeness (QED) is 0.733. The lowest BCUT2D eigenvalue weighted by molar-refractivity contribution is 0.0727. The molecule has 0 aliphatic heterocycles. The van der Waals surface area contributed by atoms with Crippen LogP contribution in [0, 0.1) is 0 Å². The summed E-state index contributed by atoms with van der Waals surface area (Å²) in [5.41, 5.74) is 2.06. The molecular weight excluding hydrogens is 206 g/mol. The Hall–Kier alpha value is -1.10. The Kier molecular flexibility index (Phi) is 5.85. The number of hydrogen-bond donors (Lipinski definition) is 2. The summed E-state index contributed by atoms with van der Waals surface area (Å²) in [6, 6.07) is 7.87. The van der Waals surface area contributed by atoms with Crippen LogP contribution >= 0.6 is 0 Å². The lowest BCUT2D eigenvalue weighted by Gasteiger charge is -2.14. The molecule has 0 aliphatic carbocycles. The Morgan fingerprint density at radius 3 is 2.69 bits per heavy atom. The van der Waals surface area contributed by atoms with Gasteiger partial charge < -0.3 is 19.9 Å². The molecule has 16 heavy (non-hydrogen) atoms. The van der Waals surface area contributed by atoms with Gasteiger partial charge in [0, 0.05) is 32.0 Å². The number of para-hydroxylation sites is 1. The minimum absolute atomic E-state index is 0.333. The predicted octanol–water partition coefficient (Wildman–Crippen LogP) is 1.25. The number of benzene rings is 1. The largest absolute Gasteiger partial charge is 0.389 e. The van der Waals surface area contributed by atoms with Gasteiger partial charge in [0.05, 0.1) is 19.3 Å². The highest BCUT2D eigenvalue weighted by Crippen LogP contribution is 2.15. The second-order valence-corrected chi connectivity index (χ2v) is 3.58. The lowest BCUT2D eigenvalue weighted by Crippen LogP contribution is -2.24. The summed E-state index contributed by atoms with van der Waals surface area (Å²) in [4.78, 5) is 0. The molecule has 0 saturated carbocycles. The molecule has 1 aromatic rings. The van der Waals surface area contributed by atoms with Gasteiger partial charge in [-0.05, 0) is 6.07 Å². The van der Waals surface area contributed by atoms with Crippen LogP contribution in [-0.4, -0.2) is 38.6 Å². The van der Waals surface area contributed by atoms with Crippen molar-refractivity contribution in [2.75, 3.05) is 32.7 Å². The molecule has 0 heterocycles. The average molecular weight is 225 g/mol. The maximum atomic E-state index is 9.51. The van der Waals surface area contributed by atoms with Crippen molar-refractivity contribution < 1.29 is 14.6 Å². The number of aliphatic hydroxyl groups is 1. The molecule has 1 aromatic carbocycles. The fourth-order valence-corrected chi connectivity index (χ4v) is 1.45. The minimum atomic E-state index is -0.499. The monoisotopic (exact) mass is 225 g/mol. The molecular formula is C12H19NO3. The van der Waals surface area contributed by atoms with Crippen LogP contribution in [0.15, 0.2) is 24.3 Å². The molecule has 0 amide bonds. The number of methoxy groups -OCH3 is 2. The zero-order valence-electron chi connectivity index (χ0n) is 9.77. The second kappa shape index (κ2) is 7.22. The van der Waals surface area contributed by atoms with Crippen molar-refractivity contribution >= 4 is 5.69 Å². The molecule has 0 radical (unpaired) electrons.